The molecule has 2 fully saturated rings. The lowest BCUT2D eigenvalue weighted by atomic mass is 9.54. The van der Waals surface area contributed by atoms with E-state index in [1.54, 1.807) is 0 Å². The number of hydrogen-bond donors (Lipinski definition) is 1. The molecule has 2 nitrogen and oxygen atoms in total. The second-order valence-corrected chi connectivity index (χ2v) is 7.47. The average molecular weight is 306 g/mol. The van der Waals surface area contributed by atoms with Gasteiger partial charge in [0.2, 0.25) is 0 Å². The van der Waals surface area contributed by atoms with E-state index >= 15 is 0 Å². The molecule has 2 saturated carbocycles. The molecule has 4 atom stereocenters. The van der Waals surface area contributed by atoms with Gasteiger partial charge >= 0.3 is 0 Å². The summed E-state index contributed by atoms with van der Waals surface area (Å²) in [4.78, 5) is 0. The number of rotatable bonds is 5. The number of ether oxygens (including phenoxy) is 1. The zero-order valence-corrected chi connectivity index (χ0v) is 15.0. The molecule has 0 amide bonds. The number of fused-ring (bicyclic) bond motifs is 1. The lowest BCUT2D eigenvalue weighted by molar-refractivity contribution is -0.0556. The fourth-order valence-corrected chi connectivity index (χ4v) is 4.82. The molecule has 0 aromatic rings. The highest BCUT2D eigenvalue weighted by atomic mass is 16.5. The minimum absolute atomic E-state index is 0.352. The van der Waals surface area contributed by atoms with Gasteiger partial charge in [-0.3, -0.25) is 0 Å². The van der Waals surface area contributed by atoms with Gasteiger partial charge < -0.3 is 10.5 Å². The number of allylic oxidation sites excluding steroid dienone is 2. The minimum Gasteiger partial charge on any atom is -0.489 e. The maximum absolute atomic E-state index is 6.32. The highest BCUT2D eigenvalue weighted by Gasteiger charge is 2.46. The fraction of sp³-hybridized carbons (Fsp3) is 0.800. The summed E-state index contributed by atoms with van der Waals surface area (Å²) in [5, 5.41) is 0. The lowest BCUT2D eigenvalue weighted by Gasteiger charge is -2.52. The maximum Gasteiger partial charge on any atom is 0.138 e. The van der Waals surface area contributed by atoms with Gasteiger partial charge in [-0.1, -0.05) is 39.7 Å². The van der Waals surface area contributed by atoms with E-state index in [-0.39, 0.29) is 0 Å². The van der Waals surface area contributed by atoms with Crippen LogP contribution in [0.2, 0.25) is 0 Å². The van der Waals surface area contributed by atoms with E-state index < -0.39 is 0 Å². The molecule has 2 N–H and O–H groups in total. The smallest absolute Gasteiger partial charge is 0.138 e. The molecule has 2 aliphatic rings. The summed E-state index contributed by atoms with van der Waals surface area (Å²) in [7, 11) is 0. The molecule has 0 aromatic carbocycles. The molecule has 2 aliphatic carbocycles. The molecule has 0 heterocycles. The molecular formula is C20H35NO. The van der Waals surface area contributed by atoms with Crippen LogP contribution in [0.5, 0.6) is 0 Å². The van der Waals surface area contributed by atoms with Gasteiger partial charge in [0.25, 0.3) is 0 Å². The largest absolute Gasteiger partial charge is 0.489 e. The van der Waals surface area contributed by atoms with Crippen LogP contribution in [0.1, 0.15) is 79.1 Å². The SMILES string of the molecule is C/C=C(N)\C(=C/CC)OC1CCC2(C)C(CC)CCCC2C1. The number of hydrogen-bond acceptors (Lipinski definition) is 2. The van der Waals surface area contributed by atoms with Gasteiger partial charge in [-0.25, -0.2) is 0 Å². The second kappa shape index (κ2) is 7.57. The summed E-state index contributed by atoms with van der Waals surface area (Å²) in [5.41, 5.74) is 7.42. The van der Waals surface area contributed by atoms with Gasteiger partial charge in [-0.05, 0) is 68.8 Å². The quantitative estimate of drug-likeness (QED) is 0.534. The molecule has 22 heavy (non-hydrogen) atoms. The first kappa shape index (κ1) is 17.4. The van der Waals surface area contributed by atoms with Crippen LogP contribution in [-0.2, 0) is 4.74 Å². The Morgan fingerprint density at radius 2 is 2.05 bits per heavy atom. The van der Waals surface area contributed by atoms with E-state index in [0.717, 1.165) is 29.7 Å². The van der Waals surface area contributed by atoms with Crippen LogP contribution in [0.4, 0.5) is 0 Å². The summed E-state index contributed by atoms with van der Waals surface area (Å²) in [5.74, 6) is 2.65. The van der Waals surface area contributed by atoms with Crippen LogP contribution < -0.4 is 5.73 Å². The van der Waals surface area contributed by atoms with E-state index in [1.807, 2.05) is 13.0 Å². The van der Waals surface area contributed by atoms with Crippen molar-refractivity contribution in [2.45, 2.75) is 85.2 Å². The average Bonchev–Trinajstić information content (AvgIpc) is 2.53. The van der Waals surface area contributed by atoms with E-state index in [0.29, 0.717) is 11.5 Å². The Balaban J connectivity index is 2.04. The van der Waals surface area contributed by atoms with Crippen LogP contribution in [0.3, 0.4) is 0 Å². The maximum atomic E-state index is 6.32. The van der Waals surface area contributed by atoms with Crippen molar-refractivity contribution >= 4 is 0 Å². The Bertz CT molecular complexity index is 425. The summed E-state index contributed by atoms with van der Waals surface area (Å²) < 4.78 is 6.32. The Kier molecular flexibility index (Phi) is 6.00. The van der Waals surface area contributed by atoms with Gasteiger partial charge in [-0.15, -0.1) is 0 Å². The zero-order chi connectivity index (χ0) is 16.2. The molecule has 0 spiro atoms. The summed E-state index contributed by atoms with van der Waals surface area (Å²) in [6, 6.07) is 0. The molecular weight excluding hydrogens is 270 g/mol. The van der Waals surface area contributed by atoms with Crippen molar-refractivity contribution in [2.24, 2.45) is 23.0 Å². The molecule has 0 radical (unpaired) electrons. The Morgan fingerprint density at radius 1 is 1.27 bits per heavy atom. The van der Waals surface area contributed by atoms with Gasteiger partial charge in [0.15, 0.2) is 0 Å². The minimum atomic E-state index is 0.352. The highest BCUT2D eigenvalue weighted by molar-refractivity contribution is 5.22. The molecule has 2 rings (SSSR count). The summed E-state index contributed by atoms with van der Waals surface area (Å²) in [6.45, 7) is 9.03. The van der Waals surface area contributed by atoms with Crippen molar-refractivity contribution in [2.75, 3.05) is 0 Å². The van der Waals surface area contributed by atoms with Crippen LogP contribution in [-0.4, -0.2) is 6.10 Å². The van der Waals surface area contributed by atoms with E-state index in [1.165, 1.54) is 44.9 Å². The number of nitrogens with two attached hydrogens (primary N) is 1. The highest BCUT2D eigenvalue weighted by Crippen LogP contribution is 2.54. The van der Waals surface area contributed by atoms with Crippen molar-refractivity contribution in [1.82, 2.24) is 0 Å². The van der Waals surface area contributed by atoms with Crippen LogP contribution >= 0.6 is 0 Å². The van der Waals surface area contributed by atoms with Crippen molar-refractivity contribution in [3.8, 4) is 0 Å². The summed E-state index contributed by atoms with van der Waals surface area (Å²) in [6.07, 6.45) is 14.7. The third-order valence-corrected chi connectivity index (χ3v) is 6.29. The van der Waals surface area contributed by atoms with E-state index in [4.69, 9.17) is 10.5 Å². The third kappa shape index (κ3) is 3.52. The van der Waals surface area contributed by atoms with Crippen molar-refractivity contribution in [3.63, 3.8) is 0 Å². The monoisotopic (exact) mass is 305 g/mol. The van der Waals surface area contributed by atoms with Crippen LogP contribution in [0.15, 0.2) is 23.6 Å². The van der Waals surface area contributed by atoms with Crippen molar-refractivity contribution in [3.05, 3.63) is 23.6 Å². The Labute approximate surface area is 137 Å². The predicted molar refractivity (Wildman–Crippen MR) is 94.3 cm³/mol. The van der Waals surface area contributed by atoms with Gasteiger partial charge in [0.1, 0.15) is 5.76 Å². The fourth-order valence-electron chi connectivity index (χ4n) is 4.82. The predicted octanol–water partition coefficient (Wildman–Crippen LogP) is 5.54. The summed E-state index contributed by atoms with van der Waals surface area (Å²) >= 11 is 0. The van der Waals surface area contributed by atoms with Crippen LogP contribution in [0.25, 0.3) is 0 Å². The van der Waals surface area contributed by atoms with E-state index in [9.17, 15) is 0 Å². The lowest BCUT2D eigenvalue weighted by Crippen LogP contribution is -2.44. The van der Waals surface area contributed by atoms with E-state index in [2.05, 4.69) is 26.8 Å². The molecule has 0 bridgehead atoms. The first-order chi connectivity index (χ1) is 10.5. The van der Waals surface area contributed by atoms with Gasteiger partial charge in [0.05, 0.1) is 11.8 Å². The second-order valence-electron chi connectivity index (χ2n) is 7.47. The topological polar surface area (TPSA) is 35.2 Å². The van der Waals surface area contributed by atoms with Gasteiger partial charge in [-0.2, -0.15) is 0 Å². The third-order valence-electron chi connectivity index (χ3n) is 6.29. The standard InChI is InChI=1S/C20H35NO/c1-5-9-19(18(21)7-3)22-17-12-13-20(4)15(6-2)10-8-11-16(20)14-17/h7,9,15-17H,5-6,8,10-14,21H2,1-4H3/b18-7+,19-9+. The molecule has 2 heteroatoms. The molecule has 0 aromatic heterocycles. The first-order valence-corrected chi connectivity index (χ1v) is 9.34. The molecule has 4 unspecified atom stereocenters. The van der Waals surface area contributed by atoms with Crippen molar-refractivity contribution < 1.29 is 4.74 Å². The first-order valence-electron chi connectivity index (χ1n) is 9.34. The molecule has 0 saturated heterocycles. The van der Waals surface area contributed by atoms with Gasteiger partial charge in [0, 0.05) is 0 Å². The molecule has 126 valence electrons. The molecule has 0 aliphatic heterocycles. The van der Waals surface area contributed by atoms with Crippen molar-refractivity contribution in [1.29, 1.82) is 0 Å². The normalized spacial score (nSPS) is 36.8. The Morgan fingerprint density at radius 3 is 2.68 bits per heavy atom. The zero-order valence-electron chi connectivity index (χ0n) is 15.0. The Hall–Kier alpha value is -0.920. The van der Waals surface area contributed by atoms with Crippen LogP contribution in [0, 0.1) is 17.3 Å².